The van der Waals surface area contributed by atoms with Crippen LogP contribution in [0.5, 0.6) is 5.75 Å². The van der Waals surface area contributed by atoms with E-state index in [9.17, 15) is 9.90 Å². The van der Waals surface area contributed by atoms with Crippen LogP contribution in [0.25, 0.3) is 0 Å². The Bertz CT molecular complexity index is 678. The molecule has 1 aromatic heterocycles. The van der Waals surface area contributed by atoms with Crippen LogP contribution in [0.4, 0.5) is 5.13 Å². The molecular formula is C16H18N2O4S. The van der Waals surface area contributed by atoms with Crippen LogP contribution in [0.15, 0.2) is 24.3 Å². The number of anilines is 1. The van der Waals surface area contributed by atoms with Gasteiger partial charge in [0.05, 0.1) is 26.0 Å². The summed E-state index contributed by atoms with van der Waals surface area (Å²) in [5.41, 5.74) is 1.61. The SMILES string of the molecule is COc1ccc(Cc2nc(N3CCOCC3)sc2C(=O)O)cc1. The van der Waals surface area contributed by atoms with Gasteiger partial charge >= 0.3 is 5.97 Å². The zero-order valence-corrected chi connectivity index (χ0v) is 13.6. The molecule has 7 heteroatoms. The highest BCUT2D eigenvalue weighted by atomic mass is 32.1. The zero-order chi connectivity index (χ0) is 16.2. The normalized spacial score (nSPS) is 14.7. The second-order valence-electron chi connectivity index (χ2n) is 5.20. The third-order valence-electron chi connectivity index (χ3n) is 3.69. The average Bonchev–Trinajstić information content (AvgIpc) is 3.00. The van der Waals surface area contributed by atoms with E-state index in [1.807, 2.05) is 24.3 Å². The quantitative estimate of drug-likeness (QED) is 0.904. The van der Waals surface area contributed by atoms with E-state index in [4.69, 9.17) is 9.47 Å². The van der Waals surface area contributed by atoms with Crippen molar-refractivity contribution in [1.29, 1.82) is 0 Å². The van der Waals surface area contributed by atoms with Gasteiger partial charge in [0.25, 0.3) is 0 Å². The van der Waals surface area contributed by atoms with Crippen LogP contribution < -0.4 is 9.64 Å². The molecule has 0 aliphatic carbocycles. The lowest BCUT2D eigenvalue weighted by Gasteiger charge is -2.26. The summed E-state index contributed by atoms with van der Waals surface area (Å²) in [6, 6.07) is 7.59. The number of aromatic carboxylic acids is 1. The van der Waals surface area contributed by atoms with Gasteiger partial charge in [0.2, 0.25) is 0 Å². The number of nitrogens with zero attached hydrogens (tertiary/aromatic N) is 2. The minimum Gasteiger partial charge on any atom is -0.497 e. The van der Waals surface area contributed by atoms with Crippen LogP contribution in [-0.2, 0) is 11.2 Å². The number of hydrogen-bond donors (Lipinski definition) is 1. The molecule has 0 saturated carbocycles. The molecular weight excluding hydrogens is 316 g/mol. The van der Waals surface area contributed by atoms with Gasteiger partial charge in [0.15, 0.2) is 5.13 Å². The summed E-state index contributed by atoms with van der Waals surface area (Å²) >= 11 is 1.24. The molecule has 3 rings (SSSR count). The van der Waals surface area contributed by atoms with Gasteiger partial charge in [-0.3, -0.25) is 0 Å². The zero-order valence-electron chi connectivity index (χ0n) is 12.8. The summed E-state index contributed by atoms with van der Waals surface area (Å²) in [7, 11) is 1.62. The van der Waals surface area contributed by atoms with Gasteiger partial charge in [-0.1, -0.05) is 23.5 Å². The minimum absolute atomic E-state index is 0.308. The second kappa shape index (κ2) is 6.97. The number of aromatic nitrogens is 1. The van der Waals surface area contributed by atoms with Crippen LogP contribution in [0.3, 0.4) is 0 Å². The van der Waals surface area contributed by atoms with Crippen LogP contribution in [0.2, 0.25) is 0 Å². The Hall–Kier alpha value is -2.12. The number of carboxylic acid groups (broad SMARTS) is 1. The number of thiazole rings is 1. The molecule has 2 heterocycles. The number of methoxy groups -OCH3 is 1. The number of benzene rings is 1. The Morgan fingerprint density at radius 2 is 2.04 bits per heavy atom. The predicted octanol–water partition coefficient (Wildman–Crippen LogP) is 2.28. The third kappa shape index (κ3) is 3.62. The maximum atomic E-state index is 11.5. The number of carboxylic acids is 1. The van der Waals surface area contributed by atoms with Crippen molar-refractivity contribution in [2.75, 3.05) is 38.3 Å². The van der Waals surface area contributed by atoms with E-state index in [-0.39, 0.29) is 0 Å². The van der Waals surface area contributed by atoms with Gasteiger partial charge in [0, 0.05) is 19.5 Å². The standard InChI is InChI=1S/C16H18N2O4S/c1-21-12-4-2-11(3-5-12)10-13-14(15(19)20)23-16(17-13)18-6-8-22-9-7-18/h2-5H,6-10H2,1H3,(H,19,20). The van der Waals surface area contributed by atoms with Crippen molar-refractivity contribution in [1.82, 2.24) is 4.98 Å². The molecule has 1 aromatic carbocycles. The molecule has 0 spiro atoms. The van der Waals surface area contributed by atoms with E-state index in [0.29, 0.717) is 30.2 Å². The number of morpholine rings is 1. The fourth-order valence-corrected chi connectivity index (χ4v) is 3.43. The largest absolute Gasteiger partial charge is 0.497 e. The molecule has 1 N–H and O–H groups in total. The molecule has 1 aliphatic rings. The molecule has 23 heavy (non-hydrogen) atoms. The van der Waals surface area contributed by atoms with Crippen LogP contribution in [0, 0.1) is 0 Å². The average molecular weight is 334 g/mol. The van der Waals surface area contributed by atoms with E-state index in [1.54, 1.807) is 7.11 Å². The highest BCUT2D eigenvalue weighted by Crippen LogP contribution is 2.29. The Morgan fingerprint density at radius 1 is 1.35 bits per heavy atom. The molecule has 0 atom stereocenters. The maximum absolute atomic E-state index is 11.5. The third-order valence-corrected chi connectivity index (χ3v) is 4.84. The molecule has 2 aromatic rings. The van der Waals surface area contributed by atoms with Crippen molar-refractivity contribution in [3.05, 3.63) is 40.4 Å². The summed E-state index contributed by atoms with van der Waals surface area (Å²) in [6.07, 6.45) is 0.493. The summed E-state index contributed by atoms with van der Waals surface area (Å²) in [5, 5.41) is 10.2. The first-order valence-electron chi connectivity index (χ1n) is 7.36. The Morgan fingerprint density at radius 3 is 2.65 bits per heavy atom. The Labute approximate surface area is 138 Å². The second-order valence-corrected chi connectivity index (χ2v) is 6.18. The lowest BCUT2D eigenvalue weighted by molar-refractivity contribution is 0.0701. The van der Waals surface area contributed by atoms with Crippen molar-refractivity contribution in [2.45, 2.75) is 6.42 Å². The van der Waals surface area contributed by atoms with E-state index >= 15 is 0 Å². The lowest BCUT2D eigenvalue weighted by Crippen LogP contribution is -2.36. The fourth-order valence-electron chi connectivity index (χ4n) is 2.45. The predicted molar refractivity (Wildman–Crippen MR) is 87.9 cm³/mol. The molecule has 1 fully saturated rings. The monoisotopic (exact) mass is 334 g/mol. The van der Waals surface area contributed by atoms with Gasteiger partial charge < -0.3 is 19.5 Å². The highest BCUT2D eigenvalue weighted by Gasteiger charge is 2.22. The van der Waals surface area contributed by atoms with E-state index in [2.05, 4.69) is 9.88 Å². The molecule has 0 radical (unpaired) electrons. The number of carbonyl (C=O) groups is 1. The first kappa shape index (κ1) is 15.8. The summed E-state index contributed by atoms with van der Waals surface area (Å²) in [6.45, 7) is 2.79. The number of hydrogen-bond acceptors (Lipinski definition) is 6. The first-order valence-corrected chi connectivity index (χ1v) is 8.17. The summed E-state index contributed by atoms with van der Waals surface area (Å²) in [5.74, 6) is -0.148. The van der Waals surface area contributed by atoms with Crippen molar-refractivity contribution in [3.63, 3.8) is 0 Å². The van der Waals surface area contributed by atoms with Gasteiger partial charge in [0.1, 0.15) is 10.6 Å². The highest BCUT2D eigenvalue weighted by molar-refractivity contribution is 7.17. The first-order chi connectivity index (χ1) is 11.2. The Balaban J connectivity index is 1.84. The van der Waals surface area contributed by atoms with Crippen molar-refractivity contribution < 1.29 is 19.4 Å². The summed E-state index contributed by atoms with van der Waals surface area (Å²) in [4.78, 5) is 18.5. The molecule has 1 aliphatic heterocycles. The van der Waals surface area contributed by atoms with Crippen molar-refractivity contribution in [2.24, 2.45) is 0 Å². The molecule has 1 saturated heterocycles. The van der Waals surface area contributed by atoms with Gasteiger partial charge in [-0.05, 0) is 17.7 Å². The van der Waals surface area contributed by atoms with Gasteiger partial charge in [-0.2, -0.15) is 0 Å². The summed E-state index contributed by atoms with van der Waals surface area (Å²) < 4.78 is 10.5. The number of ether oxygens (including phenoxy) is 2. The van der Waals surface area contributed by atoms with E-state index in [0.717, 1.165) is 29.5 Å². The van der Waals surface area contributed by atoms with Gasteiger partial charge in [-0.15, -0.1) is 0 Å². The van der Waals surface area contributed by atoms with Crippen molar-refractivity contribution >= 4 is 22.4 Å². The molecule has 6 nitrogen and oxygen atoms in total. The van der Waals surface area contributed by atoms with E-state index < -0.39 is 5.97 Å². The molecule has 0 amide bonds. The Kier molecular flexibility index (Phi) is 4.78. The minimum atomic E-state index is -0.925. The fraction of sp³-hybridized carbons (Fsp3) is 0.375. The molecule has 122 valence electrons. The maximum Gasteiger partial charge on any atom is 0.347 e. The van der Waals surface area contributed by atoms with E-state index in [1.165, 1.54) is 11.3 Å². The van der Waals surface area contributed by atoms with Crippen LogP contribution in [-0.4, -0.2) is 49.5 Å². The number of rotatable bonds is 5. The van der Waals surface area contributed by atoms with Crippen molar-refractivity contribution in [3.8, 4) is 5.75 Å². The topological polar surface area (TPSA) is 71.9 Å². The smallest absolute Gasteiger partial charge is 0.347 e. The van der Waals surface area contributed by atoms with Crippen LogP contribution in [0.1, 0.15) is 20.9 Å². The molecule has 0 unspecified atom stereocenters. The van der Waals surface area contributed by atoms with Gasteiger partial charge in [-0.25, -0.2) is 9.78 Å². The molecule has 0 bridgehead atoms. The lowest BCUT2D eigenvalue weighted by atomic mass is 10.1. The van der Waals surface area contributed by atoms with Crippen LogP contribution >= 0.6 is 11.3 Å².